The lowest BCUT2D eigenvalue weighted by Gasteiger charge is -2.22. The number of benzene rings is 1. The van der Waals surface area contributed by atoms with Gasteiger partial charge in [-0.15, -0.1) is 0 Å². The summed E-state index contributed by atoms with van der Waals surface area (Å²) in [4.78, 5) is 26.6. The maximum atomic E-state index is 13.3. The highest BCUT2D eigenvalue weighted by atomic mass is 19.1. The molecule has 1 aliphatic rings. The first-order valence-corrected chi connectivity index (χ1v) is 8.92. The van der Waals surface area contributed by atoms with Gasteiger partial charge in [0.1, 0.15) is 11.9 Å². The molecule has 0 unspecified atom stereocenters. The number of ether oxygens (including phenoxy) is 1. The molecule has 1 aromatic carbocycles. The zero-order valence-corrected chi connectivity index (χ0v) is 14.5. The van der Waals surface area contributed by atoms with Crippen molar-refractivity contribution in [2.75, 3.05) is 6.61 Å². The first-order chi connectivity index (χ1) is 12.5. The highest BCUT2D eigenvalue weighted by Gasteiger charge is 2.23. The van der Waals surface area contributed by atoms with Crippen LogP contribution in [0.25, 0.3) is 10.9 Å². The Kier molecular flexibility index (Phi) is 5.88. The third-order valence-electron chi connectivity index (χ3n) is 4.75. The summed E-state index contributed by atoms with van der Waals surface area (Å²) in [5.74, 6) is -1.75. The lowest BCUT2D eigenvalue weighted by Crippen LogP contribution is -2.42. The summed E-state index contributed by atoms with van der Waals surface area (Å²) in [7, 11) is 0. The molecule has 7 heteroatoms. The first kappa shape index (κ1) is 18.4. The van der Waals surface area contributed by atoms with Crippen molar-refractivity contribution in [3.63, 3.8) is 0 Å². The number of carbonyl (C=O) groups is 2. The number of halogens is 1. The van der Waals surface area contributed by atoms with Crippen molar-refractivity contribution in [2.45, 2.75) is 50.7 Å². The molecule has 0 radical (unpaired) electrons. The number of amides is 1. The highest BCUT2D eigenvalue weighted by molar-refractivity contribution is 5.86. The first-order valence-electron chi connectivity index (χ1n) is 8.92. The van der Waals surface area contributed by atoms with Gasteiger partial charge in [0.15, 0.2) is 0 Å². The van der Waals surface area contributed by atoms with E-state index >= 15 is 0 Å². The molecule has 26 heavy (non-hydrogen) atoms. The normalized spacial score (nSPS) is 18.6. The number of H-pyrrole nitrogens is 1. The SMILES string of the molecule is O=C(CC[C@@H]1CCCCO1)N[C@@H](Cc1c[nH]c2cc(F)ccc12)C(=O)O. The second-order valence-corrected chi connectivity index (χ2v) is 6.69. The van der Waals surface area contributed by atoms with Gasteiger partial charge in [-0.3, -0.25) is 4.79 Å². The van der Waals surface area contributed by atoms with E-state index in [-0.39, 0.29) is 30.7 Å². The second-order valence-electron chi connectivity index (χ2n) is 6.69. The smallest absolute Gasteiger partial charge is 0.326 e. The zero-order valence-electron chi connectivity index (χ0n) is 14.5. The largest absolute Gasteiger partial charge is 0.480 e. The summed E-state index contributed by atoms with van der Waals surface area (Å²) in [6.45, 7) is 0.727. The standard InChI is InChI=1S/C19H23FN2O4/c20-13-4-6-15-12(11-21-16(15)10-13)9-17(19(24)25)22-18(23)7-5-14-3-1-2-8-26-14/h4,6,10-11,14,17,21H,1-3,5,7-9H2,(H,22,23)(H,24,25)/t14-,17-/m0/s1. The molecule has 1 aliphatic heterocycles. The second kappa shape index (κ2) is 8.31. The summed E-state index contributed by atoms with van der Waals surface area (Å²) in [5.41, 5.74) is 1.33. The summed E-state index contributed by atoms with van der Waals surface area (Å²) < 4.78 is 18.9. The van der Waals surface area contributed by atoms with Crippen LogP contribution in [0, 0.1) is 5.82 Å². The van der Waals surface area contributed by atoms with Crippen LogP contribution >= 0.6 is 0 Å². The Morgan fingerprint density at radius 2 is 2.23 bits per heavy atom. The van der Waals surface area contributed by atoms with Gasteiger partial charge in [0.25, 0.3) is 0 Å². The van der Waals surface area contributed by atoms with Crippen molar-refractivity contribution in [3.8, 4) is 0 Å². The zero-order chi connectivity index (χ0) is 18.5. The lowest BCUT2D eigenvalue weighted by molar-refractivity contribution is -0.141. The Balaban J connectivity index is 1.59. The Morgan fingerprint density at radius 1 is 1.38 bits per heavy atom. The van der Waals surface area contributed by atoms with Crippen molar-refractivity contribution >= 4 is 22.8 Å². The predicted octanol–water partition coefficient (Wildman–Crippen LogP) is 2.77. The number of aromatic nitrogens is 1. The number of carbonyl (C=O) groups excluding carboxylic acids is 1. The van der Waals surface area contributed by atoms with Gasteiger partial charge in [0.2, 0.25) is 5.91 Å². The van der Waals surface area contributed by atoms with Gasteiger partial charge in [-0.2, -0.15) is 0 Å². The van der Waals surface area contributed by atoms with E-state index in [0.29, 0.717) is 11.9 Å². The summed E-state index contributed by atoms with van der Waals surface area (Å²) in [6.07, 6.45) is 5.82. The van der Waals surface area contributed by atoms with Crippen molar-refractivity contribution in [1.82, 2.24) is 10.3 Å². The molecule has 1 fully saturated rings. The molecular weight excluding hydrogens is 339 g/mol. The number of nitrogens with one attached hydrogen (secondary N) is 2. The summed E-state index contributed by atoms with van der Waals surface area (Å²) in [5, 5.41) is 12.8. The van der Waals surface area contributed by atoms with Gasteiger partial charge in [-0.1, -0.05) is 0 Å². The van der Waals surface area contributed by atoms with E-state index in [1.807, 2.05) is 0 Å². The number of rotatable bonds is 7. The molecule has 2 aromatic rings. The number of carboxylic acids is 1. The number of fused-ring (bicyclic) bond motifs is 1. The molecular formula is C19H23FN2O4. The molecule has 2 atom stereocenters. The summed E-state index contributed by atoms with van der Waals surface area (Å²) >= 11 is 0. The van der Waals surface area contributed by atoms with Gasteiger partial charge in [-0.05, 0) is 49.4 Å². The molecule has 0 spiro atoms. The Bertz CT molecular complexity index is 783. The minimum absolute atomic E-state index is 0.0845. The molecule has 3 N–H and O–H groups in total. The number of hydrogen-bond acceptors (Lipinski definition) is 3. The molecule has 1 aromatic heterocycles. The minimum Gasteiger partial charge on any atom is -0.480 e. The number of carboxylic acid groups (broad SMARTS) is 1. The summed E-state index contributed by atoms with van der Waals surface area (Å²) in [6, 6.07) is 3.27. The Hall–Kier alpha value is -2.41. The average molecular weight is 362 g/mol. The average Bonchev–Trinajstić information content (AvgIpc) is 3.02. The van der Waals surface area contributed by atoms with Gasteiger partial charge in [0, 0.05) is 36.5 Å². The van der Waals surface area contributed by atoms with Gasteiger partial charge in [0.05, 0.1) is 6.10 Å². The monoisotopic (exact) mass is 362 g/mol. The van der Waals surface area contributed by atoms with E-state index < -0.39 is 12.0 Å². The van der Waals surface area contributed by atoms with Crippen molar-refractivity contribution in [2.24, 2.45) is 0 Å². The van der Waals surface area contributed by atoms with E-state index in [9.17, 15) is 19.1 Å². The molecule has 6 nitrogen and oxygen atoms in total. The van der Waals surface area contributed by atoms with E-state index in [2.05, 4.69) is 10.3 Å². The van der Waals surface area contributed by atoms with Crippen molar-refractivity contribution in [3.05, 3.63) is 35.8 Å². The molecule has 1 amide bonds. The van der Waals surface area contributed by atoms with Crippen LogP contribution in [0.15, 0.2) is 24.4 Å². The van der Waals surface area contributed by atoms with Crippen molar-refractivity contribution in [1.29, 1.82) is 0 Å². The van der Waals surface area contributed by atoms with Crippen LogP contribution < -0.4 is 5.32 Å². The number of aromatic amines is 1. The Labute approximate surface area is 150 Å². The molecule has 3 rings (SSSR count). The molecule has 0 saturated carbocycles. The number of aliphatic carboxylic acids is 1. The third kappa shape index (κ3) is 4.60. The van der Waals surface area contributed by atoms with Crippen LogP contribution in [-0.4, -0.2) is 40.7 Å². The molecule has 140 valence electrons. The van der Waals surface area contributed by atoms with Crippen LogP contribution in [0.2, 0.25) is 0 Å². The predicted molar refractivity (Wildman–Crippen MR) is 94.4 cm³/mol. The molecule has 1 saturated heterocycles. The van der Waals surface area contributed by atoms with Crippen LogP contribution in [-0.2, 0) is 20.7 Å². The minimum atomic E-state index is -1.09. The van der Waals surface area contributed by atoms with Crippen LogP contribution in [0.5, 0.6) is 0 Å². The highest BCUT2D eigenvalue weighted by Crippen LogP contribution is 2.21. The lowest BCUT2D eigenvalue weighted by atomic mass is 10.0. The number of hydrogen-bond donors (Lipinski definition) is 3. The van der Waals surface area contributed by atoms with E-state index in [1.165, 1.54) is 12.1 Å². The Morgan fingerprint density at radius 3 is 2.96 bits per heavy atom. The molecule has 0 aliphatic carbocycles. The van der Waals surface area contributed by atoms with Gasteiger partial charge >= 0.3 is 5.97 Å². The maximum absolute atomic E-state index is 13.3. The fourth-order valence-electron chi connectivity index (χ4n) is 3.34. The molecule has 2 heterocycles. The van der Waals surface area contributed by atoms with Crippen molar-refractivity contribution < 1.29 is 23.8 Å². The fraction of sp³-hybridized carbons (Fsp3) is 0.474. The fourth-order valence-corrected chi connectivity index (χ4v) is 3.34. The van der Waals surface area contributed by atoms with E-state index in [4.69, 9.17) is 4.74 Å². The van der Waals surface area contributed by atoms with Gasteiger partial charge in [-0.25, -0.2) is 9.18 Å². The van der Waals surface area contributed by atoms with Gasteiger partial charge < -0.3 is 20.1 Å². The van der Waals surface area contributed by atoms with E-state index in [0.717, 1.165) is 36.8 Å². The topological polar surface area (TPSA) is 91.4 Å². The van der Waals surface area contributed by atoms with Crippen LogP contribution in [0.4, 0.5) is 4.39 Å². The maximum Gasteiger partial charge on any atom is 0.326 e. The third-order valence-corrected chi connectivity index (χ3v) is 4.75. The quantitative estimate of drug-likeness (QED) is 0.706. The van der Waals surface area contributed by atoms with E-state index in [1.54, 1.807) is 12.3 Å². The van der Waals surface area contributed by atoms with Crippen LogP contribution in [0.3, 0.4) is 0 Å². The molecule has 0 bridgehead atoms. The van der Waals surface area contributed by atoms with Crippen LogP contribution in [0.1, 0.15) is 37.7 Å².